The van der Waals surface area contributed by atoms with Crippen LogP contribution in [-0.4, -0.2) is 37.6 Å². The Hall–Kier alpha value is -1.14. The summed E-state index contributed by atoms with van der Waals surface area (Å²) < 4.78 is 24.7. The van der Waals surface area contributed by atoms with Gasteiger partial charge in [0.1, 0.15) is 24.4 Å². The molecule has 2 aliphatic heterocycles. The average Bonchev–Trinajstić information content (AvgIpc) is 3.55. The van der Waals surface area contributed by atoms with Crippen molar-refractivity contribution < 1.29 is 37.5 Å². The minimum absolute atomic E-state index is 0. The molecule has 4 fully saturated rings. The first-order chi connectivity index (χ1) is 17.8. The van der Waals surface area contributed by atoms with Gasteiger partial charge >= 0.3 is 0 Å². The Kier molecular flexibility index (Phi) is 9.85. The van der Waals surface area contributed by atoms with Crippen LogP contribution in [0, 0.1) is 6.42 Å². The van der Waals surface area contributed by atoms with Gasteiger partial charge in [0.2, 0.25) is 0 Å². The summed E-state index contributed by atoms with van der Waals surface area (Å²) in [5, 5.41) is 0. The van der Waals surface area contributed by atoms with Crippen LogP contribution in [0.3, 0.4) is 0 Å². The first-order valence-corrected chi connectivity index (χ1v) is 14.3. The Morgan fingerprint density at radius 2 is 1.08 bits per heavy atom. The fraction of sp³-hybridized carbons (Fsp3) is 0.594. The van der Waals surface area contributed by atoms with E-state index in [4.69, 9.17) is 18.9 Å². The maximum absolute atomic E-state index is 6.26. The van der Waals surface area contributed by atoms with Gasteiger partial charge in [-0.3, -0.25) is 0 Å². The minimum Gasteiger partial charge on any atom is -0.370 e. The topological polar surface area (TPSA) is 36.9 Å². The first-order valence-electron chi connectivity index (χ1n) is 14.3. The predicted molar refractivity (Wildman–Crippen MR) is 141 cm³/mol. The third-order valence-corrected chi connectivity index (χ3v) is 8.84. The number of fused-ring (bicyclic) bond motifs is 1. The predicted octanol–water partition coefficient (Wildman–Crippen LogP) is 6.86. The fourth-order valence-electron chi connectivity index (χ4n) is 6.59. The molecule has 2 saturated heterocycles. The van der Waals surface area contributed by atoms with Crippen LogP contribution >= 0.6 is 0 Å². The van der Waals surface area contributed by atoms with E-state index in [1.807, 2.05) is 0 Å². The van der Waals surface area contributed by atoms with Gasteiger partial charge in [-0.2, -0.15) is 12.8 Å². The average molecular weight is 541 g/mol. The third-order valence-electron chi connectivity index (χ3n) is 8.84. The molecule has 0 spiro atoms. The van der Waals surface area contributed by atoms with E-state index in [2.05, 4.69) is 55.0 Å². The second-order valence-corrected chi connectivity index (χ2v) is 11.3. The molecule has 4 atom stereocenters. The molecule has 2 aromatic carbocycles. The fourth-order valence-corrected chi connectivity index (χ4v) is 6.59. The van der Waals surface area contributed by atoms with E-state index in [-0.39, 0.29) is 43.0 Å². The van der Waals surface area contributed by atoms with E-state index in [0.29, 0.717) is 32.3 Å². The Balaban J connectivity index is 0.00000280. The molecular weight excluding hydrogens is 499 g/mol. The molecule has 2 aliphatic carbocycles. The molecule has 2 saturated carbocycles. The molecule has 6 rings (SSSR count). The van der Waals surface area contributed by atoms with Gasteiger partial charge in [0.05, 0.1) is 26.4 Å². The number of benzene rings is 2. The molecule has 2 aromatic rings. The summed E-state index contributed by atoms with van der Waals surface area (Å²) in [6.07, 6.45) is 14.1. The van der Waals surface area contributed by atoms with Crippen molar-refractivity contribution in [2.75, 3.05) is 13.2 Å². The number of ether oxygens (including phenoxy) is 4. The molecule has 1 radical (unpaired) electrons. The van der Waals surface area contributed by atoms with Crippen LogP contribution in [0.5, 0.6) is 0 Å². The molecule has 0 aromatic heterocycles. The zero-order valence-corrected chi connectivity index (χ0v) is 23.3. The van der Waals surface area contributed by atoms with Crippen molar-refractivity contribution in [2.24, 2.45) is 0 Å². The molecule has 4 unspecified atom stereocenters. The molecule has 0 bridgehead atoms. The van der Waals surface area contributed by atoms with Crippen molar-refractivity contribution in [2.45, 2.75) is 107 Å². The van der Waals surface area contributed by atoms with E-state index in [9.17, 15) is 0 Å². The van der Waals surface area contributed by atoms with E-state index >= 15 is 0 Å². The van der Waals surface area contributed by atoms with Gasteiger partial charge in [-0.05, 0) is 46.9 Å². The van der Waals surface area contributed by atoms with Gasteiger partial charge in [0.15, 0.2) is 0 Å². The van der Waals surface area contributed by atoms with Crippen molar-refractivity contribution in [1.82, 2.24) is 0 Å². The number of rotatable bonds is 8. The van der Waals surface area contributed by atoms with E-state index in [1.54, 1.807) is 0 Å². The summed E-state index contributed by atoms with van der Waals surface area (Å²) in [4.78, 5) is 0. The quantitative estimate of drug-likeness (QED) is 0.343. The van der Waals surface area contributed by atoms with Crippen LogP contribution in [0.1, 0.15) is 91.9 Å². The summed E-state index contributed by atoms with van der Waals surface area (Å²) in [6, 6.07) is 18.1. The van der Waals surface area contributed by atoms with Crippen LogP contribution in [0.2, 0.25) is 0 Å². The van der Waals surface area contributed by atoms with Crippen molar-refractivity contribution in [1.29, 1.82) is 0 Å². The molecule has 199 valence electrons. The van der Waals surface area contributed by atoms with Gasteiger partial charge in [0, 0.05) is 18.6 Å². The Morgan fingerprint density at radius 1 is 0.622 bits per heavy atom. The summed E-state index contributed by atoms with van der Waals surface area (Å²) >= 11 is 0. The Labute approximate surface area is 234 Å². The molecule has 5 heteroatoms. The summed E-state index contributed by atoms with van der Waals surface area (Å²) in [6.45, 7) is 2.34. The Morgan fingerprint density at radius 3 is 1.57 bits per heavy atom. The molecule has 0 amide bonds. The maximum Gasteiger partial charge on any atom is 0.115 e. The summed E-state index contributed by atoms with van der Waals surface area (Å²) in [5.41, 5.74) is 5.40. The van der Waals surface area contributed by atoms with Gasteiger partial charge < -0.3 is 25.4 Å². The van der Waals surface area contributed by atoms with Crippen molar-refractivity contribution >= 4 is 0 Å². The minimum atomic E-state index is -0.0403. The third kappa shape index (κ3) is 6.72. The van der Waals surface area contributed by atoms with E-state index in [1.165, 1.54) is 80.0 Å². The zero-order chi connectivity index (χ0) is 24.2. The number of hydrogen-bond donors (Lipinski definition) is 0. The molecule has 0 N–H and O–H groups in total. The second-order valence-electron chi connectivity index (χ2n) is 11.3. The molecule has 4 nitrogen and oxygen atoms in total. The van der Waals surface area contributed by atoms with Gasteiger partial charge in [-0.15, -0.1) is 0 Å². The van der Waals surface area contributed by atoms with Crippen LogP contribution in [0.25, 0.3) is 0 Å². The van der Waals surface area contributed by atoms with Crippen molar-refractivity contribution in [3.8, 4) is 0 Å². The smallest absolute Gasteiger partial charge is 0.115 e. The van der Waals surface area contributed by atoms with E-state index < -0.39 is 0 Å². The molecule has 2 heterocycles. The first kappa shape index (κ1) is 27.4. The van der Waals surface area contributed by atoms with Crippen LogP contribution in [0.4, 0.5) is 0 Å². The van der Waals surface area contributed by atoms with Gasteiger partial charge in [0.25, 0.3) is 0 Å². The van der Waals surface area contributed by atoms with Crippen molar-refractivity contribution in [3.63, 3.8) is 0 Å². The molecule has 37 heavy (non-hydrogen) atoms. The van der Waals surface area contributed by atoms with Crippen LogP contribution in [-0.2, 0) is 50.7 Å². The Bertz CT molecular complexity index is 870. The number of hydrogen-bond acceptors (Lipinski definition) is 4. The van der Waals surface area contributed by atoms with Gasteiger partial charge in [-0.25, -0.2) is 0 Å². The van der Waals surface area contributed by atoms with Crippen LogP contribution < -0.4 is 0 Å². The molecule has 4 aliphatic rings. The monoisotopic (exact) mass is 540 g/mol. The van der Waals surface area contributed by atoms with E-state index in [0.717, 1.165) is 5.92 Å². The standard InChI is InChI=1S/C32H41O4.V/c1-3-7-25(8-4-1)27-15-11-23(12-16-27)19-33-29-21-35-32-30(22-36-31(29)32)34-20-24-13-17-28(18-14-24)26-9-5-2-6-10-26;/h1,11-18,25-26,29-32H,2-10,19-22H2;/q-1;. The maximum atomic E-state index is 6.26. The van der Waals surface area contributed by atoms with Crippen LogP contribution in [0.15, 0.2) is 48.5 Å². The molecular formula is C32H41O4V-. The zero-order valence-electron chi connectivity index (χ0n) is 21.9. The summed E-state index contributed by atoms with van der Waals surface area (Å²) in [7, 11) is 0. The van der Waals surface area contributed by atoms with Crippen molar-refractivity contribution in [3.05, 3.63) is 77.2 Å². The van der Waals surface area contributed by atoms with Gasteiger partial charge in [-0.1, -0.05) is 80.6 Å². The normalized spacial score (nSPS) is 28.6. The SMILES string of the molecule is [V].c1cc(C2CC[CH-]CC2)ccc1COC1COC2C(OCc3ccc(C4CCCCC4)cc3)COC12. The largest absolute Gasteiger partial charge is 0.370 e. The second kappa shape index (κ2) is 13.3. The summed E-state index contributed by atoms with van der Waals surface area (Å²) in [5.74, 6) is 1.46.